The molecular formula is C25H30N4O4S. The molecule has 1 fully saturated rings. The highest BCUT2D eigenvalue weighted by Gasteiger charge is 2.36. The minimum atomic E-state index is -4.23. The van der Waals surface area contributed by atoms with Crippen LogP contribution in [-0.4, -0.2) is 36.3 Å². The molecule has 180 valence electrons. The monoisotopic (exact) mass is 482 g/mol. The van der Waals surface area contributed by atoms with Gasteiger partial charge in [0.2, 0.25) is 5.91 Å². The molecule has 1 aromatic heterocycles. The van der Waals surface area contributed by atoms with Crippen molar-refractivity contribution in [2.75, 3.05) is 10.8 Å². The number of hydrogen-bond donors (Lipinski definition) is 1. The van der Waals surface area contributed by atoms with Gasteiger partial charge in [0.05, 0.1) is 16.3 Å². The van der Waals surface area contributed by atoms with Gasteiger partial charge in [0, 0.05) is 13.1 Å². The van der Waals surface area contributed by atoms with E-state index in [9.17, 15) is 18.0 Å². The van der Waals surface area contributed by atoms with Crippen molar-refractivity contribution >= 4 is 21.6 Å². The van der Waals surface area contributed by atoms with Crippen LogP contribution < -0.4 is 15.2 Å². The molecule has 2 aromatic carbocycles. The Kier molecular flexibility index (Phi) is 6.16. The third-order valence-corrected chi connectivity index (χ3v) is 8.21. The van der Waals surface area contributed by atoms with Crippen molar-refractivity contribution in [2.24, 2.45) is 7.05 Å². The molecule has 0 aliphatic heterocycles. The third kappa shape index (κ3) is 4.27. The van der Waals surface area contributed by atoms with E-state index in [1.165, 1.54) is 4.68 Å². The first-order chi connectivity index (χ1) is 16.0. The van der Waals surface area contributed by atoms with Gasteiger partial charge in [0.1, 0.15) is 12.2 Å². The summed E-state index contributed by atoms with van der Waals surface area (Å²) in [6.45, 7) is 6.58. The summed E-state index contributed by atoms with van der Waals surface area (Å²) >= 11 is 0. The predicted molar refractivity (Wildman–Crippen MR) is 132 cm³/mol. The highest BCUT2D eigenvalue weighted by atomic mass is 32.2. The van der Waals surface area contributed by atoms with E-state index in [0.717, 1.165) is 22.7 Å². The summed E-state index contributed by atoms with van der Waals surface area (Å²) < 4.78 is 32.2. The fourth-order valence-corrected chi connectivity index (χ4v) is 6.33. The number of nitrogens with zero attached hydrogens (tertiary/aromatic N) is 3. The number of aromatic nitrogens is 2. The lowest BCUT2D eigenvalue weighted by Crippen LogP contribution is -2.44. The molecule has 34 heavy (non-hydrogen) atoms. The van der Waals surface area contributed by atoms with Gasteiger partial charge in [-0.15, -0.1) is 0 Å². The third-order valence-electron chi connectivity index (χ3n) is 6.16. The first-order valence-corrected chi connectivity index (χ1v) is 12.7. The molecule has 3 aromatic rings. The summed E-state index contributed by atoms with van der Waals surface area (Å²) in [6, 6.07) is 12.7. The van der Waals surface area contributed by atoms with E-state index < -0.39 is 28.0 Å². The normalized spacial score (nSPS) is 13.7. The van der Waals surface area contributed by atoms with Crippen LogP contribution in [0.15, 0.2) is 52.2 Å². The molecule has 9 heteroatoms. The van der Waals surface area contributed by atoms with Crippen molar-refractivity contribution in [1.29, 1.82) is 0 Å². The van der Waals surface area contributed by atoms with Crippen LogP contribution in [0.3, 0.4) is 0 Å². The van der Waals surface area contributed by atoms with E-state index in [1.807, 2.05) is 13.0 Å². The smallest absolute Gasteiger partial charge is 0.296 e. The lowest BCUT2D eigenvalue weighted by molar-refractivity contribution is -0.119. The van der Waals surface area contributed by atoms with Crippen LogP contribution >= 0.6 is 0 Å². The van der Waals surface area contributed by atoms with Crippen LogP contribution in [0.2, 0.25) is 0 Å². The second-order valence-electron chi connectivity index (χ2n) is 8.99. The molecule has 0 unspecified atom stereocenters. The van der Waals surface area contributed by atoms with Crippen molar-refractivity contribution in [1.82, 2.24) is 14.7 Å². The summed E-state index contributed by atoms with van der Waals surface area (Å²) in [5.74, 6) is -0.428. The molecule has 1 aliphatic rings. The highest BCUT2D eigenvalue weighted by molar-refractivity contribution is 7.93. The number of carbonyl (C=O) groups is 1. The van der Waals surface area contributed by atoms with Gasteiger partial charge in [0.25, 0.3) is 15.6 Å². The minimum Gasteiger partial charge on any atom is -0.352 e. The number of benzene rings is 2. The molecule has 1 N–H and O–H groups in total. The minimum absolute atomic E-state index is 0.0309. The molecule has 0 atom stereocenters. The van der Waals surface area contributed by atoms with Crippen molar-refractivity contribution < 1.29 is 13.2 Å². The zero-order valence-electron chi connectivity index (χ0n) is 20.1. The number of sulfonamides is 1. The summed E-state index contributed by atoms with van der Waals surface area (Å²) in [5, 5.41) is 2.85. The molecule has 0 saturated heterocycles. The van der Waals surface area contributed by atoms with Gasteiger partial charge < -0.3 is 5.32 Å². The zero-order valence-corrected chi connectivity index (χ0v) is 20.9. The van der Waals surface area contributed by atoms with Crippen LogP contribution in [0.5, 0.6) is 0 Å². The van der Waals surface area contributed by atoms with Crippen LogP contribution in [0, 0.1) is 27.7 Å². The Morgan fingerprint density at radius 2 is 1.65 bits per heavy atom. The molecule has 4 rings (SSSR count). The van der Waals surface area contributed by atoms with Gasteiger partial charge in [0.15, 0.2) is 0 Å². The van der Waals surface area contributed by atoms with Gasteiger partial charge in [-0.25, -0.2) is 17.4 Å². The standard InChI is InChI=1S/C25H30N4O4S/c1-16-13-17(2)24(18(3)14-16)34(32,33)28(15-22(30)26-20-11-12-20)23-19(4)27(5)29(25(23)31)21-9-7-6-8-10-21/h6-10,13-14,20H,11-12,15H2,1-5H3,(H,26,30). The molecule has 1 amide bonds. The zero-order chi connectivity index (χ0) is 24.8. The van der Waals surface area contributed by atoms with Crippen molar-refractivity contribution in [3.8, 4) is 5.69 Å². The SMILES string of the molecule is Cc1cc(C)c(S(=O)(=O)N(CC(=O)NC2CC2)c2c(C)n(C)n(-c3ccccc3)c2=O)c(C)c1. The first kappa shape index (κ1) is 23.8. The Labute approximate surface area is 199 Å². The predicted octanol–water partition coefficient (Wildman–Crippen LogP) is 2.88. The van der Waals surface area contributed by atoms with Crippen LogP contribution in [0.25, 0.3) is 5.69 Å². The molecule has 0 spiro atoms. The molecular weight excluding hydrogens is 452 g/mol. The second kappa shape index (κ2) is 8.79. The van der Waals surface area contributed by atoms with E-state index >= 15 is 0 Å². The number of hydrogen-bond acceptors (Lipinski definition) is 4. The Balaban J connectivity index is 1.92. The molecule has 1 saturated carbocycles. The number of rotatable bonds is 7. The van der Waals surface area contributed by atoms with Crippen molar-refractivity contribution in [3.05, 3.63) is 75.2 Å². The fourth-order valence-electron chi connectivity index (χ4n) is 4.44. The van der Waals surface area contributed by atoms with E-state index in [-0.39, 0.29) is 16.6 Å². The number of nitrogens with one attached hydrogen (secondary N) is 1. The average Bonchev–Trinajstić information content (AvgIpc) is 3.53. The Hall–Kier alpha value is -3.33. The molecule has 8 nitrogen and oxygen atoms in total. The number of aryl methyl sites for hydroxylation is 3. The maximum absolute atomic E-state index is 14.1. The van der Waals surface area contributed by atoms with Gasteiger partial charge >= 0.3 is 0 Å². The van der Waals surface area contributed by atoms with Gasteiger partial charge in [-0.1, -0.05) is 35.9 Å². The Morgan fingerprint density at radius 3 is 2.21 bits per heavy atom. The average molecular weight is 483 g/mol. The van der Waals surface area contributed by atoms with E-state index in [1.54, 1.807) is 68.9 Å². The lowest BCUT2D eigenvalue weighted by atomic mass is 10.1. The maximum atomic E-state index is 14.1. The molecule has 1 aliphatic carbocycles. The Bertz CT molecular complexity index is 1390. The summed E-state index contributed by atoms with van der Waals surface area (Å²) in [5.41, 5.74) is 2.59. The summed E-state index contributed by atoms with van der Waals surface area (Å²) in [4.78, 5) is 26.6. The second-order valence-corrected chi connectivity index (χ2v) is 10.8. The fraction of sp³-hybridized carbons (Fsp3) is 0.360. The number of anilines is 1. The number of carbonyl (C=O) groups excluding carboxylic acids is 1. The first-order valence-electron chi connectivity index (χ1n) is 11.3. The van der Waals surface area contributed by atoms with E-state index in [2.05, 4.69) is 5.32 Å². The number of amides is 1. The summed E-state index contributed by atoms with van der Waals surface area (Å²) in [6.07, 6.45) is 1.75. The van der Waals surface area contributed by atoms with Gasteiger partial charge in [-0.3, -0.25) is 14.3 Å². The highest BCUT2D eigenvalue weighted by Crippen LogP contribution is 2.30. The van der Waals surface area contributed by atoms with Crippen LogP contribution in [0.1, 0.15) is 35.2 Å². The maximum Gasteiger partial charge on any atom is 0.296 e. The largest absolute Gasteiger partial charge is 0.352 e. The van der Waals surface area contributed by atoms with Crippen molar-refractivity contribution in [2.45, 2.75) is 51.5 Å². The van der Waals surface area contributed by atoms with Crippen LogP contribution in [0.4, 0.5) is 5.69 Å². The van der Waals surface area contributed by atoms with Crippen LogP contribution in [-0.2, 0) is 21.9 Å². The van der Waals surface area contributed by atoms with Crippen molar-refractivity contribution in [3.63, 3.8) is 0 Å². The van der Waals surface area contributed by atoms with E-state index in [4.69, 9.17) is 0 Å². The lowest BCUT2D eigenvalue weighted by Gasteiger charge is -2.25. The molecule has 0 bridgehead atoms. The van der Waals surface area contributed by atoms with Gasteiger partial charge in [-0.2, -0.15) is 0 Å². The number of para-hydroxylation sites is 1. The molecule has 0 radical (unpaired) electrons. The van der Waals surface area contributed by atoms with E-state index in [0.29, 0.717) is 22.5 Å². The molecule has 1 heterocycles. The van der Waals surface area contributed by atoms with Gasteiger partial charge in [-0.05, 0) is 63.8 Å². The topological polar surface area (TPSA) is 93.4 Å². The Morgan fingerprint density at radius 1 is 1.06 bits per heavy atom. The quantitative estimate of drug-likeness (QED) is 0.560. The summed E-state index contributed by atoms with van der Waals surface area (Å²) in [7, 11) is -2.53.